The van der Waals surface area contributed by atoms with Crippen molar-refractivity contribution >= 4 is 16.1 Å². The summed E-state index contributed by atoms with van der Waals surface area (Å²) in [5, 5.41) is 7.03. The lowest BCUT2D eigenvalue weighted by molar-refractivity contribution is 0.0896. The maximum absolute atomic E-state index is 13.6. The number of amides is 1. The summed E-state index contributed by atoms with van der Waals surface area (Å²) in [5.41, 5.74) is 0.328. The molecule has 0 spiro atoms. The fourth-order valence-electron chi connectivity index (χ4n) is 6.22. The zero-order valence-electron chi connectivity index (χ0n) is 20.6. The molecule has 10 heteroatoms. The Balaban J connectivity index is 1.17. The molecule has 3 atom stereocenters. The van der Waals surface area contributed by atoms with Crippen molar-refractivity contribution in [2.75, 3.05) is 26.7 Å². The largest absolute Gasteiger partial charge is 0.360 e. The quantitative estimate of drug-likeness (QED) is 0.598. The second-order valence-electron chi connectivity index (χ2n) is 11.2. The average Bonchev–Trinajstić information content (AvgIpc) is 3.45. The molecule has 34 heavy (non-hydrogen) atoms. The Morgan fingerprint density at radius 2 is 1.79 bits per heavy atom. The van der Waals surface area contributed by atoms with E-state index < -0.39 is 10.2 Å². The van der Waals surface area contributed by atoms with Crippen LogP contribution in [0.1, 0.15) is 87.4 Å². The van der Waals surface area contributed by atoms with Gasteiger partial charge in [0.1, 0.15) is 5.76 Å². The SMILES string of the molecule is CC(C)CN(C)C1CCN(S(=O)(=O)N2[C@@H]3CC[C@H]2C[C@@H](NC(=O)c2cc(C4CC4)on2)C3)CC1. The Kier molecular flexibility index (Phi) is 6.78. The van der Waals surface area contributed by atoms with Crippen molar-refractivity contribution in [3.63, 3.8) is 0 Å². The molecule has 0 aromatic carbocycles. The number of rotatable bonds is 8. The fraction of sp³-hybridized carbons (Fsp3) is 0.833. The second-order valence-corrected chi connectivity index (χ2v) is 13.1. The van der Waals surface area contributed by atoms with Gasteiger partial charge in [-0.05, 0) is 64.3 Å². The van der Waals surface area contributed by atoms with E-state index in [-0.39, 0.29) is 24.0 Å². The third-order valence-electron chi connectivity index (χ3n) is 8.03. The van der Waals surface area contributed by atoms with E-state index in [1.807, 2.05) is 0 Å². The molecule has 1 saturated carbocycles. The van der Waals surface area contributed by atoms with Crippen LogP contribution in [0.4, 0.5) is 0 Å². The van der Waals surface area contributed by atoms with Crippen LogP contribution in [0.3, 0.4) is 0 Å². The summed E-state index contributed by atoms with van der Waals surface area (Å²) in [5.74, 6) is 1.60. The van der Waals surface area contributed by atoms with E-state index in [4.69, 9.17) is 4.52 Å². The number of nitrogens with zero attached hydrogens (tertiary/aromatic N) is 4. The average molecular weight is 494 g/mol. The normalized spacial score (nSPS) is 29.3. The van der Waals surface area contributed by atoms with Crippen molar-refractivity contribution in [3.05, 3.63) is 17.5 Å². The molecule has 1 amide bonds. The Hall–Kier alpha value is -1.49. The van der Waals surface area contributed by atoms with Gasteiger partial charge in [-0.25, -0.2) is 0 Å². The molecular weight excluding hydrogens is 454 g/mol. The molecule has 5 rings (SSSR count). The number of hydrogen-bond acceptors (Lipinski definition) is 6. The van der Waals surface area contributed by atoms with Gasteiger partial charge in [0.2, 0.25) is 0 Å². The van der Waals surface area contributed by atoms with E-state index in [1.165, 1.54) is 0 Å². The van der Waals surface area contributed by atoms with Crippen LogP contribution >= 0.6 is 0 Å². The summed E-state index contributed by atoms with van der Waals surface area (Å²) in [7, 11) is -1.34. The van der Waals surface area contributed by atoms with Crippen LogP contribution < -0.4 is 5.32 Å². The number of carbonyl (C=O) groups is 1. The summed E-state index contributed by atoms with van der Waals surface area (Å²) in [4.78, 5) is 15.1. The first-order valence-electron chi connectivity index (χ1n) is 13.0. The zero-order chi connectivity index (χ0) is 24.0. The number of fused-ring (bicyclic) bond motifs is 2. The van der Waals surface area contributed by atoms with Gasteiger partial charge in [0, 0.05) is 55.8 Å². The van der Waals surface area contributed by atoms with Gasteiger partial charge in [0.15, 0.2) is 5.69 Å². The highest BCUT2D eigenvalue weighted by molar-refractivity contribution is 7.86. The molecule has 190 valence electrons. The van der Waals surface area contributed by atoms with Crippen LogP contribution in [0.5, 0.6) is 0 Å². The maximum Gasteiger partial charge on any atom is 0.282 e. The third-order valence-corrected chi connectivity index (χ3v) is 10.2. The van der Waals surface area contributed by atoms with Gasteiger partial charge in [0.05, 0.1) is 0 Å². The fourth-order valence-corrected chi connectivity index (χ4v) is 8.29. The first-order chi connectivity index (χ1) is 16.2. The van der Waals surface area contributed by atoms with E-state index in [0.717, 1.165) is 50.8 Å². The van der Waals surface area contributed by atoms with Crippen LogP contribution in [-0.4, -0.2) is 83.8 Å². The number of carbonyl (C=O) groups excluding carboxylic acids is 1. The van der Waals surface area contributed by atoms with Gasteiger partial charge in [-0.2, -0.15) is 17.0 Å². The number of piperidine rings is 2. The molecule has 4 heterocycles. The lowest BCUT2D eigenvalue weighted by atomic mass is 9.99. The first-order valence-corrected chi connectivity index (χ1v) is 14.4. The van der Waals surface area contributed by atoms with Crippen LogP contribution in [0, 0.1) is 5.92 Å². The minimum Gasteiger partial charge on any atom is -0.360 e. The predicted octanol–water partition coefficient (Wildman–Crippen LogP) is 2.57. The molecule has 1 N–H and O–H groups in total. The topological polar surface area (TPSA) is 99.0 Å². The molecule has 3 aliphatic heterocycles. The Morgan fingerprint density at radius 1 is 1.15 bits per heavy atom. The van der Waals surface area contributed by atoms with Crippen LogP contribution in [0.25, 0.3) is 0 Å². The van der Waals surface area contributed by atoms with Crippen LogP contribution in [-0.2, 0) is 10.2 Å². The molecule has 4 fully saturated rings. The van der Waals surface area contributed by atoms with E-state index in [0.29, 0.717) is 49.5 Å². The zero-order valence-corrected chi connectivity index (χ0v) is 21.5. The van der Waals surface area contributed by atoms with Gasteiger partial charge < -0.3 is 14.7 Å². The lowest BCUT2D eigenvalue weighted by Gasteiger charge is -2.43. The molecule has 3 saturated heterocycles. The van der Waals surface area contributed by atoms with Crippen molar-refractivity contribution in [3.8, 4) is 0 Å². The number of hydrogen-bond donors (Lipinski definition) is 1. The van der Waals surface area contributed by atoms with Crippen LogP contribution in [0.15, 0.2) is 10.6 Å². The molecule has 1 aromatic rings. The number of nitrogens with one attached hydrogen (secondary N) is 1. The van der Waals surface area contributed by atoms with E-state index in [1.54, 1.807) is 14.7 Å². The van der Waals surface area contributed by atoms with Crippen LogP contribution in [0.2, 0.25) is 0 Å². The van der Waals surface area contributed by atoms with E-state index in [2.05, 4.69) is 36.3 Å². The second kappa shape index (κ2) is 9.52. The molecule has 9 nitrogen and oxygen atoms in total. The minimum absolute atomic E-state index is 0.0343. The third kappa shape index (κ3) is 4.92. The monoisotopic (exact) mass is 493 g/mol. The van der Waals surface area contributed by atoms with Crippen molar-refractivity contribution in [2.45, 2.75) is 95.3 Å². The summed E-state index contributed by atoms with van der Waals surface area (Å²) >= 11 is 0. The highest BCUT2D eigenvalue weighted by Crippen LogP contribution is 2.41. The first kappa shape index (κ1) is 24.2. The van der Waals surface area contributed by atoms with Crippen molar-refractivity contribution < 1.29 is 17.7 Å². The summed E-state index contributed by atoms with van der Waals surface area (Å²) in [6.45, 7) is 6.64. The summed E-state index contributed by atoms with van der Waals surface area (Å²) < 4.78 is 36.0. The molecular formula is C24H39N5O4S. The molecule has 1 aromatic heterocycles. The van der Waals surface area contributed by atoms with Gasteiger partial charge in [-0.15, -0.1) is 0 Å². The van der Waals surface area contributed by atoms with Gasteiger partial charge in [0.25, 0.3) is 16.1 Å². The molecule has 0 unspecified atom stereocenters. The maximum atomic E-state index is 13.6. The Bertz CT molecular complexity index is 969. The Labute approximate surface area is 203 Å². The van der Waals surface area contributed by atoms with Crippen molar-refractivity contribution in [1.82, 2.24) is 24.0 Å². The summed E-state index contributed by atoms with van der Waals surface area (Å²) in [6.07, 6.45) is 6.98. The molecule has 1 aliphatic carbocycles. The van der Waals surface area contributed by atoms with E-state index >= 15 is 0 Å². The summed E-state index contributed by atoms with van der Waals surface area (Å²) in [6, 6.07) is 2.07. The lowest BCUT2D eigenvalue weighted by Crippen LogP contribution is -2.57. The van der Waals surface area contributed by atoms with Gasteiger partial charge >= 0.3 is 0 Å². The molecule has 2 bridgehead atoms. The standard InChI is InChI=1S/C24H39N5O4S/c1-16(2)15-27(3)19-8-10-28(11-9-19)34(31,32)29-20-6-7-21(29)13-18(12-20)25-24(30)22-14-23(33-26-22)17-4-5-17/h14,16-21H,4-13,15H2,1-3H3,(H,25,30)/t18-,20+,21-. The minimum atomic E-state index is -3.49. The van der Waals surface area contributed by atoms with E-state index in [9.17, 15) is 13.2 Å². The predicted molar refractivity (Wildman–Crippen MR) is 129 cm³/mol. The van der Waals surface area contributed by atoms with Crippen molar-refractivity contribution in [1.29, 1.82) is 0 Å². The molecule has 4 aliphatic rings. The Morgan fingerprint density at radius 3 is 2.38 bits per heavy atom. The molecule has 0 radical (unpaired) electrons. The van der Waals surface area contributed by atoms with Crippen molar-refractivity contribution in [2.24, 2.45) is 5.92 Å². The highest BCUT2D eigenvalue weighted by Gasteiger charge is 2.49. The highest BCUT2D eigenvalue weighted by atomic mass is 32.2. The number of aromatic nitrogens is 1. The smallest absolute Gasteiger partial charge is 0.282 e. The van der Waals surface area contributed by atoms with Gasteiger partial charge in [-0.3, -0.25) is 4.79 Å². The van der Waals surface area contributed by atoms with Gasteiger partial charge in [-0.1, -0.05) is 19.0 Å².